The van der Waals surface area contributed by atoms with Crippen molar-refractivity contribution in [3.8, 4) is 39.5 Å². The van der Waals surface area contributed by atoms with E-state index in [1.165, 1.54) is 26.4 Å². The van der Waals surface area contributed by atoms with Crippen molar-refractivity contribution >= 4 is 10.1 Å². The Labute approximate surface area is 171 Å². The molecule has 3 aromatic rings. The number of benzene rings is 3. The Morgan fingerprint density at radius 3 is 1.80 bits per heavy atom. The molecule has 0 saturated carbocycles. The van der Waals surface area contributed by atoms with Crippen molar-refractivity contribution in [3.63, 3.8) is 0 Å². The van der Waals surface area contributed by atoms with Crippen LogP contribution in [-0.4, -0.2) is 28.1 Å². The van der Waals surface area contributed by atoms with Crippen molar-refractivity contribution in [2.45, 2.75) is 5.51 Å². The first-order valence-electron chi connectivity index (χ1n) is 8.60. The molecule has 5 nitrogen and oxygen atoms in total. The summed E-state index contributed by atoms with van der Waals surface area (Å²) in [7, 11) is -3.18. The average Bonchev–Trinajstić information content (AvgIpc) is 2.72. The number of ether oxygens (including phenoxy) is 2. The predicted octanol–water partition coefficient (Wildman–Crippen LogP) is 5.27. The second kappa shape index (κ2) is 8.27. The fourth-order valence-electron chi connectivity index (χ4n) is 2.98. The summed E-state index contributed by atoms with van der Waals surface area (Å²) in [4.78, 5) is 0. The maximum Gasteiger partial charge on any atom is 0.534 e. The van der Waals surface area contributed by atoms with E-state index >= 15 is 0 Å². The highest BCUT2D eigenvalue weighted by Gasteiger charge is 2.49. The fraction of sp³-hybridized carbons (Fsp3) is 0.143. The van der Waals surface area contributed by atoms with Crippen LogP contribution in [0, 0.1) is 0 Å². The lowest BCUT2D eigenvalue weighted by molar-refractivity contribution is -0.0499. The smallest absolute Gasteiger partial charge is 0.496 e. The van der Waals surface area contributed by atoms with Gasteiger partial charge in [-0.15, -0.1) is 0 Å². The largest absolute Gasteiger partial charge is 0.534 e. The van der Waals surface area contributed by atoms with E-state index in [-0.39, 0.29) is 11.3 Å². The van der Waals surface area contributed by atoms with E-state index in [4.69, 9.17) is 9.47 Å². The highest BCUT2D eigenvalue weighted by atomic mass is 32.2. The lowest BCUT2D eigenvalue weighted by Gasteiger charge is -2.20. The van der Waals surface area contributed by atoms with Gasteiger partial charge in [0.15, 0.2) is 5.75 Å². The normalized spacial score (nSPS) is 11.8. The summed E-state index contributed by atoms with van der Waals surface area (Å²) in [6, 6.07) is 18.0. The van der Waals surface area contributed by atoms with Gasteiger partial charge in [-0.1, -0.05) is 48.5 Å². The Kier molecular flexibility index (Phi) is 5.93. The minimum atomic E-state index is -5.90. The molecule has 0 fully saturated rings. The Morgan fingerprint density at radius 2 is 1.23 bits per heavy atom. The van der Waals surface area contributed by atoms with Gasteiger partial charge in [-0.2, -0.15) is 21.6 Å². The highest BCUT2D eigenvalue weighted by molar-refractivity contribution is 7.88. The van der Waals surface area contributed by atoms with E-state index < -0.39 is 21.4 Å². The Bertz CT molecular complexity index is 1140. The number of rotatable bonds is 6. The third kappa shape index (κ3) is 4.06. The van der Waals surface area contributed by atoms with Gasteiger partial charge >= 0.3 is 15.6 Å². The standard InChI is InChI=1S/C21H17F3O5S/c1-27-16-11-6-10-15(14-8-4-3-5-9-14)19(16)20-17(28-2)12-7-13-18(20)29-30(25,26)21(22,23)24/h3-13H,1-2H3. The highest BCUT2D eigenvalue weighted by Crippen LogP contribution is 2.48. The number of hydrogen-bond acceptors (Lipinski definition) is 5. The Morgan fingerprint density at radius 1 is 0.700 bits per heavy atom. The van der Waals surface area contributed by atoms with E-state index in [0.29, 0.717) is 16.9 Å². The molecule has 158 valence electrons. The van der Waals surface area contributed by atoms with Crippen LogP contribution in [0.4, 0.5) is 13.2 Å². The lowest BCUT2D eigenvalue weighted by Crippen LogP contribution is -2.28. The van der Waals surface area contributed by atoms with Gasteiger partial charge in [0.05, 0.1) is 19.8 Å². The molecule has 0 amide bonds. The van der Waals surface area contributed by atoms with Crippen LogP contribution < -0.4 is 13.7 Å². The first-order valence-corrected chi connectivity index (χ1v) is 10.0. The molecule has 3 rings (SSSR count). The minimum Gasteiger partial charge on any atom is -0.496 e. The molecule has 30 heavy (non-hydrogen) atoms. The van der Waals surface area contributed by atoms with Gasteiger partial charge in [-0.3, -0.25) is 0 Å². The summed E-state index contributed by atoms with van der Waals surface area (Å²) in [5.41, 5.74) is -3.91. The van der Waals surface area contributed by atoms with E-state index in [0.717, 1.165) is 11.6 Å². The topological polar surface area (TPSA) is 61.8 Å². The molecule has 0 aliphatic heterocycles. The molecule has 3 aromatic carbocycles. The van der Waals surface area contributed by atoms with Crippen LogP contribution in [-0.2, 0) is 10.1 Å². The van der Waals surface area contributed by atoms with Gasteiger partial charge in [0.1, 0.15) is 11.5 Å². The Balaban J connectivity index is 2.34. The van der Waals surface area contributed by atoms with Crippen LogP contribution in [0.2, 0.25) is 0 Å². The quantitative estimate of drug-likeness (QED) is 0.388. The van der Waals surface area contributed by atoms with Crippen LogP contribution in [0.1, 0.15) is 0 Å². The molecular formula is C21H17F3O5S. The molecular weight excluding hydrogens is 421 g/mol. The number of halogens is 3. The number of hydrogen-bond donors (Lipinski definition) is 0. The van der Waals surface area contributed by atoms with Gasteiger partial charge in [0, 0.05) is 5.56 Å². The van der Waals surface area contributed by atoms with E-state index in [1.54, 1.807) is 42.5 Å². The van der Waals surface area contributed by atoms with Crippen LogP contribution in [0.15, 0.2) is 66.7 Å². The second-order valence-corrected chi connectivity index (χ2v) is 7.60. The maximum absolute atomic E-state index is 13.0. The predicted molar refractivity (Wildman–Crippen MR) is 106 cm³/mol. The zero-order valence-electron chi connectivity index (χ0n) is 15.9. The van der Waals surface area contributed by atoms with Gasteiger partial charge < -0.3 is 13.7 Å². The summed E-state index contributed by atoms with van der Waals surface area (Å²) in [6.07, 6.45) is 0. The van der Waals surface area contributed by atoms with Gasteiger partial charge in [0.2, 0.25) is 0 Å². The third-order valence-corrected chi connectivity index (χ3v) is 5.24. The molecule has 0 heterocycles. The molecule has 0 saturated heterocycles. The second-order valence-electron chi connectivity index (χ2n) is 6.07. The summed E-state index contributed by atoms with van der Waals surface area (Å²) >= 11 is 0. The van der Waals surface area contributed by atoms with Crippen LogP contribution in [0.3, 0.4) is 0 Å². The zero-order valence-corrected chi connectivity index (χ0v) is 16.8. The zero-order chi connectivity index (χ0) is 21.9. The lowest BCUT2D eigenvalue weighted by atomic mass is 9.92. The van der Waals surface area contributed by atoms with Crippen molar-refractivity contribution in [2.24, 2.45) is 0 Å². The summed E-state index contributed by atoms with van der Waals surface area (Å²) < 4.78 is 77.5. The summed E-state index contributed by atoms with van der Waals surface area (Å²) in [6.45, 7) is 0. The van der Waals surface area contributed by atoms with Crippen LogP contribution >= 0.6 is 0 Å². The van der Waals surface area contributed by atoms with Crippen molar-refractivity contribution < 1.29 is 35.2 Å². The van der Waals surface area contributed by atoms with E-state index in [2.05, 4.69) is 4.18 Å². The SMILES string of the molecule is COc1cccc(OS(=O)(=O)C(F)(F)F)c1-c1c(OC)cccc1-c1ccccc1. The molecule has 0 N–H and O–H groups in total. The van der Waals surface area contributed by atoms with Crippen LogP contribution in [0.5, 0.6) is 17.2 Å². The van der Waals surface area contributed by atoms with Crippen molar-refractivity contribution in [3.05, 3.63) is 66.7 Å². The average molecular weight is 438 g/mol. The third-order valence-electron chi connectivity index (χ3n) is 4.27. The number of methoxy groups -OCH3 is 2. The molecule has 0 bridgehead atoms. The minimum absolute atomic E-state index is 0.0177. The molecule has 0 radical (unpaired) electrons. The molecule has 0 unspecified atom stereocenters. The molecule has 0 aliphatic rings. The maximum atomic E-state index is 13.0. The van der Waals surface area contributed by atoms with Gasteiger partial charge in [-0.05, 0) is 29.3 Å². The van der Waals surface area contributed by atoms with Gasteiger partial charge in [-0.25, -0.2) is 0 Å². The monoisotopic (exact) mass is 438 g/mol. The Hall–Kier alpha value is -3.20. The molecule has 0 aliphatic carbocycles. The van der Waals surface area contributed by atoms with Crippen molar-refractivity contribution in [1.29, 1.82) is 0 Å². The van der Waals surface area contributed by atoms with Crippen LogP contribution in [0.25, 0.3) is 22.3 Å². The van der Waals surface area contributed by atoms with E-state index in [9.17, 15) is 21.6 Å². The molecule has 0 spiro atoms. The van der Waals surface area contributed by atoms with Gasteiger partial charge in [0.25, 0.3) is 0 Å². The first-order chi connectivity index (χ1) is 14.2. The molecule has 0 atom stereocenters. The molecule has 0 aromatic heterocycles. The summed E-state index contributed by atoms with van der Waals surface area (Å²) in [5, 5.41) is 0. The fourth-order valence-corrected chi connectivity index (χ4v) is 3.45. The number of alkyl halides is 3. The van der Waals surface area contributed by atoms with Crippen molar-refractivity contribution in [1.82, 2.24) is 0 Å². The molecule has 9 heteroatoms. The first kappa shape index (κ1) is 21.5. The van der Waals surface area contributed by atoms with Crippen molar-refractivity contribution in [2.75, 3.05) is 14.2 Å². The van der Waals surface area contributed by atoms with E-state index in [1.807, 2.05) is 6.07 Å². The summed E-state index contributed by atoms with van der Waals surface area (Å²) in [5.74, 6) is -0.116.